The Balaban J connectivity index is 2.62. The van der Waals surface area contributed by atoms with E-state index in [2.05, 4.69) is 21.0 Å². The van der Waals surface area contributed by atoms with Gasteiger partial charge in [0.2, 0.25) is 0 Å². The van der Waals surface area contributed by atoms with Crippen LogP contribution >= 0.6 is 27.5 Å². The third kappa shape index (κ3) is 2.08. The van der Waals surface area contributed by atoms with Crippen LogP contribution in [0.4, 0.5) is 0 Å². The zero-order chi connectivity index (χ0) is 11.0. The minimum Gasteiger partial charge on any atom is -0.268 e. The van der Waals surface area contributed by atoms with E-state index in [1.165, 1.54) is 0 Å². The summed E-state index contributed by atoms with van der Waals surface area (Å²) in [5, 5.41) is 5.04. The second-order valence-corrected chi connectivity index (χ2v) is 4.71. The van der Waals surface area contributed by atoms with Crippen molar-refractivity contribution in [2.45, 2.75) is 6.92 Å². The molecule has 0 unspecified atom stereocenters. The first-order valence-corrected chi connectivity index (χ1v) is 5.71. The van der Waals surface area contributed by atoms with Crippen molar-refractivity contribution >= 4 is 27.5 Å². The van der Waals surface area contributed by atoms with E-state index >= 15 is 0 Å². The molecule has 0 spiro atoms. The molecule has 1 aromatic carbocycles. The topological polar surface area (TPSA) is 17.8 Å². The molecule has 0 saturated carbocycles. The predicted octanol–water partition coefficient (Wildman–Crippen LogP) is 3.81. The molecule has 0 aliphatic carbocycles. The van der Waals surface area contributed by atoms with Crippen molar-refractivity contribution < 1.29 is 0 Å². The van der Waals surface area contributed by atoms with Gasteiger partial charge in [-0.2, -0.15) is 5.10 Å². The van der Waals surface area contributed by atoms with Gasteiger partial charge in [0.15, 0.2) is 0 Å². The van der Waals surface area contributed by atoms with Gasteiger partial charge in [-0.25, -0.2) is 0 Å². The summed E-state index contributed by atoms with van der Waals surface area (Å²) in [6.45, 7) is 1.97. The summed E-state index contributed by atoms with van der Waals surface area (Å²) in [5.41, 5.74) is 3.12. The zero-order valence-corrected chi connectivity index (χ0v) is 10.8. The van der Waals surface area contributed by atoms with Crippen LogP contribution in [0.15, 0.2) is 28.7 Å². The first-order chi connectivity index (χ1) is 7.08. The smallest absolute Gasteiger partial charge is 0.0693 e. The largest absolute Gasteiger partial charge is 0.268 e. The lowest BCUT2D eigenvalue weighted by Gasteiger charge is -2.05. The Morgan fingerprint density at radius 1 is 1.33 bits per heavy atom. The van der Waals surface area contributed by atoms with Crippen molar-refractivity contribution in [3.63, 3.8) is 0 Å². The van der Waals surface area contributed by atoms with Gasteiger partial charge in [-0.1, -0.05) is 27.5 Å². The Kier molecular flexibility index (Phi) is 2.85. The van der Waals surface area contributed by atoms with E-state index in [1.54, 1.807) is 0 Å². The van der Waals surface area contributed by atoms with E-state index in [4.69, 9.17) is 11.6 Å². The highest BCUT2D eigenvalue weighted by Crippen LogP contribution is 2.30. The minimum atomic E-state index is 0.729. The Morgan fingerprint density at radius 3 is 2.67 bits per heavy atom. The molecule has 0 fully saturated rings. The van der Waals surface area contributed by atoms with Crippen LogP contribution in [0.5, 0.6) is 0 Å². The minimum absolute atomic E-state index is 0.729. The molecular formula is C11H10BrClN2. The Morgan fingerprint density at radius 2 is 2.07 bits per heavy atom. The van der Waals surface area contributed by atoms with Crippen LogP contribution in [0.1, 0.15) is 5.69 Å². The molecule has 15 heavy (non-hydrogen) atoms. The van der Waals surface area contributed by atoms with Crippen LogP contribution in [0.25, 0.3) is 11.3 Å². The summed E-state index contributed by atoms with van der Waals surface area (Å²) < 4.78 is 2.88. The van der Waals surface area contributed by atoms with Crippen LogP contribution in [0, 0.1) is 6.92 Å². The van der Waals surface area contributed by atoms with E-state index in [-0.39, 0.29) is 0 Å². The first-order valence-electron chi connectivity index (χ1n) is 4.54. The molecule has 0 N–H and O–H groups in total. The molecule has 0 atom stereocenters. The van der Waals surface area contributed by atoms with Crippen LogP contribution in [-0.2, 0) is 7.05 Å². The fraction of sp³-hybridized carbons (Fsp3) is 0.182. The molecule has 1 heterocycles. The van der Waals surface area contributed by atoms with E-state index < -0.39 is 0 Å². The molecule has 0 amide bonds. The number of hydrogen-bond donors (Lipinski definition) is 0. The van der Waals surface area contributed by atoms with E-state index in [0.29, 0.717) is 0 Å². The summed E-state index contributed by atoms with van der Waals surface area (Å²) in [6, 6.07) is 7.77. The highest BCUT2D eigenvalue weighted by molar-refractivity contribution is 9.10. The highest BCUT2D eigenvalue weighted by Gasteiger charge is 2.09. The molecule has 0 radical (unpaired) electrons. The van der Waals surface area contributed by atoms with Crippen molar-refractivity contribution in [3.05, 3.63) is 39.5 Å². The van der Waals surface area contributed by atoms with Crippen LogP contribution < -0.4 is 0 Å². The van der Waals surface area contributed by atoms with Gasteiger partial charge >= 0.3 is 0 Å². The molecule has 2 aromatic rings. The lowest BCUT2D eigenvalue weighted by atomic mass is 10.1. The first kappa shape index (κ1) is 10.7. The number of hydrogen-bond acceptors (Lipinski definition) is 1. The predicted molar refractivity (Wildman–Crippen MR) is 66.1 cm³/mol. The van der Waals surface area contributed by atoms with E-state index in [9.17, 15) is 0 Å². The van der Waals surface area contributed by atoms with Gasteiger partial charge in [-0.15, -0.1) is 0 Å². The maximum atomic E-state index is 5.98. The third-order valence-electron chi connectivity index (χ3n) is 2.21. The van der Waals surface area contributed by atoms with Gasteiger partial charge in [0.05, 0.1) is 11.4 Å². The second kappa shape index (κ2) is 3.99. The molecule has 0 bridgehead atoms. The molecule has 2 rings (SSSR count). The quantitative estimate of drug-likeness (QED) is 0.779. The van der Waals surface area contributed by atoms with Gasteiger partial charge < -0.3 is 0 Å². The number of rotatable bonds is 1. The molecule has 4 heteroatoms. The number of aryl methyl sites for hydroxylation is 2. The molecular weight excluding hydrogens is 275 g/mol. The van der Waals surface area contributed by atoms with Gasteiger partial charge in [0.25, 0.3) is 0 Å². The van der Waals surface area contributed by atoms with Gasteiger partial charge in [-0.05, 0) is 31.2 Å². The molecule has 0 aliphatic heterocycles. The standard InChI is InChI=1S/C11H10BrClN2/c1-7-5-11(15(2)14-7)9-6-8(13)3-4-10(9)12/h3-6H,1-2H3. The Hall–Kier alpha value is -0.800. The number of benzene rings is 1. The monoisotopic (exact) mass is 284 g/mol. The van der Waals surface area contributed by atoms with Crippen molar-refractivity contribution in [1.82, 2.24) is 9.78 Å². The SMILES string of the molecule is Cc1cc(-c2cc(Cl)ccc2Br)n(C)n1. The Bertz CT molecular complexity index is 505. The molecule has 78 valence electrons. The summed E-state index contributed by atoms with van der Waals surface area (Å²) in [5.74, 6) is 0. The summed E-state index contributed by atoms with van der Waals surface area (Å²) in [6.07, 6.45) is 0. The average Bonchev–Trinajstić information content (AvgIpc) is 2.50. The van der Waals surface area contributed by atoms with E-state index in [1.807, 2.05) is 42.9 Å². The third-order valence-corrected chi connectivity index (χ3v) is 3.13. The number of nitrogens with zero attached hydrogens (tertiary/aromatic N) is 2. The number of aromatic nitrogens is 2. The van der Waals surface area contributed by atoms with Crippen molar-refractivity contribution in [2.75, 3.05) is 0 Å². The molecule has 2 nitrogen and oxygen atoms in total. The normalized spacial score (nSPS) is 10.7. The lowest BCUT2D eigenvalue weighted by molar-refractivity contribution is 0.764. The maximum absolute atomic E-state index is 5.98. The van der Waals surface area contributed by atoms with Crippen molar-refractivity contribution in [2.24, 2.45) is 7.05 Å². The average molecular weight is 286 g/mol. The maximum Gasteiger partial charge on any atom is 0.0693 e. The summed E-state index contributed by atoms with van der Waals surface area (Å²) in [4.78, 5) is 0. The van der Waals surface area contributed by atoms with Gasteiger partial charge in [-0.3, -0.25) is 4.68 Å². The summed E-state index contributed by atoms with van der Waals surface area (Å²) >= 11 is 9.49. The lowest BCUT2D eigenvalue weighted by Crippen LogP contribution is -1.94. The highest BCUT2D eigenvalue weighted by atomic mass is 79.9. The van der Waals surface area contributed by atoms with E-state index in [0.717, 1.165) is 26.4 Å². The number of halogens is 2. The fourth-order valence-electron chi connectivity index (χ4n) is 1.56. The van der Waals surface area contributed by atoms with Crippen LogP contribution in [-0.4, -0.2) is 9.78 Å². The van der Waals surface area contributed by atoms with Gasteiger partial charge in [0.1, 0.15) is 0 Å². The van der Waals surface area contributed by atoms with Crippen LogP contribution in [0.3, 0.4) is 0 Å². The fourth-order valence-corrected chi connectivity index (χ4v) is 2.18. The molecule has 1 aromatic heterocycles. The summed E-state index contributed by atoms with van der Waals surface area (Å²) in [7, 11) is 1.93. The molecule has 0 saturated heterocycles. The zero-order valence-electron chi connectivity index (χ0n) is 8.46. The molecule has 0 aliphatic rings. The van der Waals surface area contributed by atoms with Crippen LogP contribution in [0.2, 0.25) is 5.02 Å². The Labute approximate surface area is 102 Å². The van der Waals surface area contributed by atoms with Crippen molar-refractivity contribution in [3.8, 4) is 11.3 Å². The van der Waals surface area contributed by atoms with Crippen molar-refractivity contribution in [1.29, 1.82) is 0 Å². The second-order valence-electron chi connectivity index (χ2n) is 3.42. The van der Waals surface area contributed by atoms with Gasteiger partial charge in [0, 0.05) is 22.1 Å².